The molecule has 0 aliphatic carbocycles. The van der Waals surface area contributed by atoms with Crippen molar-refractivity contribution in [2.45, 2.75) is 32.3 Å². The van der Waals surface area contributed by atoms with Gasteiger partial charge in [0.05, 0.1) is 5.39 Å². The van der Waals surface area contributed by atoms with Gasteiger partial charge in [0.25, 0.3) is 5.56 Å². The fourth-order valence-corrected chi connectivity index (χ4v) is 2.22. The molecule has 5 nitrogen and oxygen atoms in total. The zero-order valence-electron chi connectivity index (χ0n) is 12.2. The summed E-state index contributed by atoms with van der Waals surface area (Å²) in [4.78, 5) is 23.3. The Morgan fingerprint density at radius 3 is 2.76 bits per heavy atom. The number of nitrogens with zero attached hydrogens (tertiary/aromatic N) is 1. The molecule has 5 heteroatoms. The number of aryl methyl sites for hydroxylation is 1. The summed E-state index contributed by atoms with van der Waals surface area (Å²) >= 11 is 0. The van der Waals surface area contributed by atoms with Gasteiger partial charge in [0.2, 0.25) is 0 Å². The second-order valence-corrected chi connectivity index (χ2v) is 5.04. The minimum atomic E-state index is -0.982. The van der Waals surface area contributed by atoms with Crippen LogP contribution in [0.5, 0.6) is 5.75 Å². The van der Waals surface area contributed by atoms with Crippen LogP contribution in [0.15, 0.2) is 35.3 Å². The molecular weight excluding hydrogens is 270 g/mol. The Hall–Kier alpha value is -2.30. The molecule has 0 saturated heterocycles. The van der Waals surface area contributed by atoms with Crippen molar-refractivity contribution >= 4 is 16.7 Å². The van der Waals surface area contributed by atoms with E-state index in [4.69, 9.17) is 4.74 Å². The van der Waals surface area contributed by atoms with Gasteiger partial charge in [-0.25, -0.2) is 4.79 Å². The van der Waals surface area contributed by atoms with Gasteiger partial charge < -0.3 is 14.4 Å². The molecule has 1 N–H and O–H groups in total. The Kier molecular flexibility index (Phi) is 4.62. The molecule has 1 unspecified atom stereocenters. The highest BCUT2D eigenvalue weighted by molar-refractivity contribution is 5.87. The highest BCUT2D eigenvalue weighted by Crippen LogP contribution is 2.25. The largest absolute Gasteiger partial charge is 0.479 e. The van der Waals surface area contributed by atoms with E-state index < -0.39 is 12.1 Å². The summed E-state index contributed by atoms with van der Waals surface area (Å²) in [7, 11) is 1.68. The van der Waals surface area contributed by atoms with Gasteiger partial charge in [0.15, 0.2) is 6.10 Å². The maximum atomic E-state index is 12.1. The summed E-state index contributed by atoms with van der Waals surface area (Å²) in [6.07, 6.45) is 2.90. The highest BCUT2D eigenvalue weighted by Gasteiger charge is 2.20. The first-order valence-corrected chi connectivity index (χ1v) is 7.02. The van der Waals surface area contributed by atoms with Crippen LogP contribution in [-0.2, 0) is 11.8 Å². The van der Waals surface area contributed by atoms with Crippen molar-refractivity contribution < 1.29 is 14.6 Å². The van der Waals surface area contributed by atoms with Crippen molar-refractivity contribution in [3.05, 3.63) is 40.8 Å². The first-order chi connectivity index (χ1) is 10.0. The smallest absolute Gasteiger partial charge is 0.344 e. The number of hydrogen-bond donors (Lipinski definition) is 1. The number of aliphatic carboxylic acids is 1. The molecule has 0 radical (unpaired) electrons. The van der Waals surface area contributed by atoms with Crippen LogP contribution in [0.4, 0.5) is 0 Å². The third-order valence-electron chi connectivity index (χ3n) is 3.45. The van der Waals surface area contributed by atoms with Gasteiger partial charge in [-0.05, 0) is 31.0 Å². The molecular formula is C16H19NO4. The lowest BCUT2D eigenvalue weighted by atomic mass is 10.1. The maximum Gasteiger partial charge on any atom is 0.344 e. The third-order valence-corrected chi connectivity index (χ3v) is 3.45. The van der Waals surface area contributed by atoms with Crippen LogP contribution in [0, 0.1) is 0 Å². The van der Waals surface area contributed by atoms with Gasteiger partial charge in [-0.15, -0.1) is 0 Å². The molecule has 2 aromatic rings. The Bertz CT molecular complexity index is 705. The van der Waals surface area contributed by atoms with Crippen molar-refractivity contribution in [1.82, 2.24) is 4.57 Å². The lowest BCUT2D eigenvalue weighted by molar-refractivity contribution is -0.145. The molecule has 0 spiro atoms. The number of carboxylic acids is 1. The second kappa shape index (κ2) is 6.43. The van der Waals surface area contributed by atoms with E-state index in [1.807, 2.05) is 6.92 Å². The van der Waals surface area contributed by atoms with Gasteiger partial charge in [-0.3, -0.25) is 4.79 Å². The standard InChI is InChI=1S/C16H19NO4/c1-3-4-7-14(16(19)20)21-13-8-5-6-12-11(13)9-10-17(2)15(12)18/h5-6,8-10,14H,3-4,7H2,1-2H3,(H,19,20). The molecule has 2 rings (SSSR count). The highest BCUT2D eigenvalue weighted by atomic mass is 16.5. The average molecular weight is 289 g/mol. The normalized spacial score (nSPS) is 12.3. The Balaban J connectivity index is 2.40. The van der Waals surface area contributed by atoms with Gasteiger partial charge in [0.1, 0.15) is 5.75 Å². The summed E-state index contributed by atoms with van der Waals surface area (Å²) in [5.74, 6) is -0.544. The molecule has 21 heavy (non-hydrogen) atoms. The summed E-state index contributed by atoms with van der Waals surface area (Å²) in [5.41, 5.74) is -0.126. The fraction of sp³-hybridized carbons (Fsp3) is 0.375. The van der Waals surface area contributed by atoms with E-state index in [2.05, 4.69) is 0 Å². The molecule has 1 aromatic heterocycles. The first kappa shape index (κ1) is 15.1. The number of hydrogen-bond acceptors (Lipinski definition) is 3. The minimum absolute atomic E-state index is 0.126. The quantitative estimate of drug-likeness (QED) is 0.887. The van der Waals surface area contributed by atoms with Gasteiger partial charge in [-0.1, -0.05) is 19.4 Å². The van der Waals surface area contributed by atoms with Crippen molar-refractivity contribution in [3.63, 3.8) is 0 Å². The lowest BCUT2D eigenvalue weighted by Crippen LogP contribution is -2.27. The van der Waals surface area contributed by atoms with Crippen molar-refractivity contribution in [2.24, 2.45) is 7.05 Å². The van der Waals surface area contributed by atoms with E-state index in [9.17, 15) is 14.7 Å². The van der Waals surface area contributed by atoms with E-state index >= 15 is 0 Å². The number of rotatable bonds is 6. The number of carboxylic acid groups (broad SMARTS) is 1. The van der Waals surface area contributed by atoms with Gasteiger partial charge in [-0.2, -0.15) is 0 Å². The van der Waals surface area contributed by atoms with Crippen molar-refractivity contribution in [3.8, 4) is 5.75 Å². The van der Waals surface area contributed by atoms with Crippen molar-refractivity contribution in [2.75, 3.05) is 0 Å². The van der Waals surface area contributed by atoms with E-state index in [1.54, 1.807) is 37.5 Å². The van der Waals surface area contributed by atoms with Crippen LogP contribution in [0.1, 0.15) is 26.2 Å². The number of pyridine rings is 1. The molecule has 1 aromatic carbocycles. The lowest BCUT2D eigenvalue weighted by Gasteiger charge is -2.16. The Morgan fingerprint density at radius 1 is 1.33 bits per heavy atom. The number of carbonyl (C=O) groups is 1. The topological polar surface area (TPSA) is 68.5 Å². The van der Waals surface area contributed by atoms with Crippen LogP contribution < -0.4 is 10.3 Å². The molecule has 0 fully saturated rings. The van der Waals surface area contributed by atoms with Crippen molar-refractivity contribution in [1.29, 1.82) is 0 Å². The molecule has 112 valence electrons. The van der Waals surface area contributed by atoms with Gasteiger partial charge in [0, 0.05) is 18.6 Å². The Labute approximate surface area is 122 Å². The number of fused-ring (bicyclic) bond motifs is 1. The average Bonchev–Trinajstić information content (AvgIpc) is 2.47. The molecule has 0 bridgehead atoms. The summed E-state index contributed by atoms with van der Waals surface area (Å²) < 4.78 is 7.12. The second-order valence-electron chi connectivity index (χ2n) is 5.04. The van der Waals surface area contributed by atoms with E-state index in [0.29, 0.717) is 22.9 Å². The minimum Gasteiger partial charge on any atom is -0.479 e. The monoisotopic (exact) mass is 289 g/mol. The predicted molar refractivity (Wildman–Crippen MR) is 80.8 cm³/mol. The fourth-order valence-electron chi connectivity index (χ4n) is 2.22. The molecule has 0 aliphatic rings. The van der Waals surface area contributed by atoms with Crippen LogP contribution in [0.3, 0.4) is 0 Å². The number of ether oxygens (including phenoxy) is 1. The SMILES string of the molecule is CCCCC(Oc1cccc2c(=O)n(C)ccc12)C(=O)O. The van der Waals surface area contributed by atoms with Crippen LogP contribution in [0.25, 0.3) is 10.8 Å². The predicted octanol–water partition coefficient (Wildman–Crippen LogP) is 2.56. The number of unbranched alkanes of at least 4 members (excludes halogenated alkanes) is 1. The molecule has 0 aliphatic heterocycles. The van der Waals surface area contributed by atoms with Crippen LogP contribution >= 0.6 is 0 Å². The summed E-state index contributed by atoms with van der Waals surface area (Å²) in [6.45, 7) is 2.00. The van der Waals surface area contributed by atoms with Gasteiger partial charge >= 0.3 is 5.97 Å². The summed E-state index contributed by atoms with van der Waals surface area (Å²) in [5, 5.41) is 10.4. The number of benzene rings is 1. The maximum absolute atomic E-state index is 12.1. The Morgan fingerprint density at radius 2 is 2.10 bits per heavy atom. The zero-order chi connectivity index (χ0) is 15.4. The number of aromatic nitrogens is 1. The molecule has 1 heterocycles. The molecule has 1 atom stereocenters. The van der Waals surface area contributed by atoms with Crippen LogP contribution in [-0.4, -0.2) is 21.7 Å². The first-order valence-electron chi connectivity index (χ1n) is 7.02. The molecule has 0 amide bonds. The third kappa shape index (κ3) is 3.24. The van der Waals surface area contributed by atoms with E-state index in [-0.39, 0.29) is 5.56 Å². The van der Waals surface area contributed by atoms with E-state index in [1.165, 1.54) is 4.57 Å². The van der Waals surface area contributed by atoms with Crippen LogP contribution in [0.2, 0.25) is 0 Å². The van der Waals surface area contributed by atoms with E-state index in [0.717, 1.165) is 12.8 Å². The zero-order valence-corrected chi connectivity index (χ0v) is 12.2. The molecule has 0 saturated carbocycles. The summed E-state index contributed by atoms with van der Waals surface area (Å²) in [6, 6.07) is 6.89.